The van der Waals surface area contributed by atoms with Crippen molar-refractivity contribution >= 4 is 11.8 Å². The molecule has 3 aromatic rings. The molecule has 0 radical (unpaired) electrons. The average Bonchev–Trinajstić information content (AvgIpc) is 3.37. The molecule has 35 heavy (non-hydrogen) atoms. The number of hydrogen-bond donors (Lipinski definition) is 2. The Morgan fingerprint density at radius 1 is 1.00 bits per heavy atom. The van der Waals surface area contributed by atoms with Gasteiger partial charge in [0.05, 0.1) is 18.2 Å². The second kappa shape index (κ2) is 11.3. The van der Waals surface area contributed by atoms with Crippen LogP contribution in [0.1, 0.15) is 49.4 Å². The van der Waals surface area contributed by atoms with Gasteiger partial charge in [0.25, 0.3) is 0 Å². The molecule has 2 atom stereocenters. The number of rotatable bonds is 12. The molecule has 6 heteroatoms. The normalized spacial score (nSPS) is 16.3. The molecular weight excluding hydrogens is 436 g/mol. The van der Waals surface area contributed by atoms with Crippen LogP contribution in [0.5, 0.6) is 0 Å². The number of H-pyrrole nitrogens is 1. The number of carbonyl (C=O) groups is 2. The third kappa shape index (κ3) is 5.81. The Morgan fingerprint density at radius 2 is 1.69 bits per heavy atom. The number of likely N-dealkylation sites (tertiary alicyclic amines) is 1. The fraction of sp³-hybridized carbons (Fsp3) is 0.414. The molecule has 6 nitrogen and oxygen atoms in total. The van der Waals surface area contributed by atoms with E-state index >= 15 is 0 Å². The highest BCUT2D eigenvalue weighted by Crippen LogP contribution is 2.41. The second-order valence-electron chi connectivity index (χ2n) is 9.88. The Labute approximate surface area is 208 Å². The van der Waals surface area contributed by atoms with Crippen molar-refractivity contribution < 1.29 is 9.59 Å². The van der Waals surface area contributed by atoms with Gasteiger partial charge in [-0.3, -0.25) is 9.59 Å². The SMILES string of the molecule is CCCCCC1(c2ccccc2)CN(C(=O)[C@H](Cc2ccccc2)C(Cc2cnc[nH]2)C(N)=O)C1. The van der Waals surface area contributed by atoms with Crippen LogP contribution in [0, 0.1) is 11.8 Å². The van der Waals surface area contributed by atoms with Crippen LogP contribution in [0.3, 0.4) is 0 Å². The topological polar surface area (TPSA) is 92.1 Å². The lowest BCUT2D eigenvalue weighted by molar-refractivity contribution is -0.148. The first-order chi connectivity index (χ1) is 17.0. The summed E-state index contributed by atoms with van der Waals surface area (Å²) >= 11 is 0. The maximum atomic E-state index is 13.9. The third-order valence-corrected chi connectivity index (χ3v) is 7.41. The number of hydrogen-bond acceptors (Lipinski definition) is 3. The van der Waals surface area contributed by atoms with Gasteiger partial charge in [0.15, 0.2) is 0 Å². The highest BCUT2D eigenvalue weighted by atomic mass is 16.2. The summed E-state index contributed by atoms with van der Waals surface area (Å²) in [6.45, 7) is 3.57. The van der Waals surface area contributed by atoms with E-state index in [0.29, 0.717) is 25.9 Å². The first-order valence-corrected chi connectivity index (χ1v) is 12.7. The molecular formula is C29H36N4O2. The lowest BCUT2D eigenvalue weighted by Gasteiger charge is -2.52. The summed E-state index contributed by atoms with van der Waals surface area (Å²) in [6.07, 6.45) is 8.68. The molecule has 1 fully saturated rings. The van der Waals surface area contributed by atoms with Gasteiger partial charge in [0.1, 0.15) is 0 Å². The van der Waals surface area contributed by atoms with E-state index in [1.54, 1.807) is 12.5 Å². The fourth-order valence-electron chi connectivity index (χ4n) is 5.41. The van der Waals surface area contributed by atoms with Gasteiger partial charge in [-0.05, 0) is 24.0 Å². The minimum atomic E-state index is -0.616. The molecule has 184 valence electrons. The van der Waals surface area contributed by atoms with Gasteiger partial charge >= 0.3 is 0 Å². The largest absolute Gasteiger partial charge is 0.369 e. The van der Waals surface area contributed by atoms with Crippen LogP contribution in [-0.4, -0.2) is 39.8 Å². The molecule has 0 bridgehead atoms. The molecule has 1 saturated heterocycles. The summed E-state index contributed by atoms with van der Waals surface area (Å²) in [7, 11) is 0. The number of carbonyl (C=O) groups excluding carboxylic acids is 2. The Bertz CT molecular complexity index is 1080. The monoisotopic (exact) mass is 472 g/mol. The van der Waals surface area contributed by atoms with E-state index in [0.717, 1.165) is 24.1 Å². The smallest absolute Gasteiger partial charge is 0.226 e. The van der Waals surface area contributed by atoms with E-state index in [1.165, 1.54) is 18.4 Å². The lowest BCUT2D eigenvalue weighted by Crippen LogP contribution is -2.63. The molecule has 1 aliphatic heterocycles. The number of aromatic nitrogens is 2. The quantitative estimate of drug-likeness (QED) is 0.386. The number of unbranched alkanes of at least 4 members (excludes halogenated alkanes) is 2. The van der Waals surface area contributed by atoms with Crippen LogP contribution in [-0.2, 0) is 27.8 Å². The van der Waals surface area contributed by atoms with Crippen LogP contribution >= 0.6 is 0 Å². The summed E-state index contributed by atoms with van der Waals surface area (Å²) in [5, 5.41) is 0. The lowest BCUT2D eigenvalue weighted by atomic mass is 9.69. The van der Waals surface area contributed by atoms with Crippen molar-refractivity contribution in [1.29, 1.82) is 0 Å². The van der Waals surface area contributed by atoms with Gasteiger partial charge < -0.3 is 15.6 Å². The molecule has 0 aliphatic carbocycles. The van der Waals surface area contributed by atoms with Gasteiger partial charge in [-0.25, -0.2) is 4.98 Å². The Hall–Kier alpha value is -3.41. The maximum Gasteiger partial charge on any atom is 0.226 e. The van der Waals surface area contributed by atoms with Crippen molar-refractivity contribution in [3.63, 3.8) is 0 Å². The minimum absolute atomic E-state index is 0.0132. The van der Waals surface area contributed by atoms with Gasteiger partial charge in [-0.2, -0.15) is 0 Å². The molecule has 1 aliphatic rings. The zero-order chi connectivity index (χ0) is 24.7. The van der Waals surface area contributed by atoms with Gasteiger partial charge in [0, 0.05) is 36.8 Å². The van der Waals surface area contributed by atoms with Crippen molar-refractivity contribution in [2.45, 2.75) is 50.9 Å². The summed E-state index contributed by atoms with van der Waals surface area (Å²) in [5.41, 5.74) is 9.00. The van der Waals surface area contributed by atoms with E-state index < -0.39 is 17.7 Å². The second-order valence-corrected chi connectivity index (χ2v) is 9.88. The van der Waals surface area contributed by atoms with Crippen molar-refractivity contribution in [2.75, 3.05) is 13.1 Å². The highest BCUT2D eigenvalue weighted by Gasteiger charge is 2.48. The molecule has 4 rings (SSSR count). The van der Waals surface area contributed by atoms with Crippen LogP contribution < -0.4 is 5.73 Å². The van der Waals surface area contributed by atoms with Crippen LogP contribution in [0.15, 0.2) is 73.2 Å². The first-order valence-electron chi connectivity index (χ1n) is 12.7. The zero-order valence-electron chi connectivity index (χ0n) is 20.5. The van der Waals surface area contributed by atoms with E-state index in [9.17, 15) is 9.59 Å². The Kier molecular flexibility index (Phi) is 8.01. The summed E-state index contributed by atoms with van der Waals surface area (Å²) in [4.78, 5) is 35.6. The number of primary amides is 1. The molecule has 3 N–H and O–H groups in total. The summed E-state index contributed by atoms with van der Waals surface area (Å²) in [6, 6.07) is 20.4. The number of imidazole rings is 1. The Balaban J connectivity index is 1.57. The predicted molar refractivity (Wildman–Crippen MR) is 137 cm³/mol. The predicted octanol–water partition coefficient (Wildman–Crippen LogP) is 4.27. The number of nitrogens with zero attached hydrogens (tertiary/aromatic N) is 2. The molecule has 2 aromatic carbocycles. The number of aromatic amines is 1. The van der Waals surface area contributed by atoms with Crippen LogP contribution in [0.2, 0.25) is 0 Å². The van der Waals surface area contributed by atoms with Gasteiger partial charge in [-0.15, -0.1) is 0 Å². The number of amides is 2. The highest BCUT2D eigenvalue weighted by molar-refractivity contribution is 5.88. The third-order valence-electron chi connectivity index (χ3n) is 7.41. The van der Waals surface area contributed by atoms with Crippen molar-refractivity contribution in [2.24, 2.45) is 17.6 Å². The van der Waals surface area contributed by atoms with E-state index in [4.69, 9.17) is 5.73 Å². The molecule has 0 saturated carbocycles. The zero-order valence-corrected chi connectivity index (χ0v) is 20.5. The summed E-state index contributed by atoms with van der Waals surface area (Å²) in [5.74, 6) is -1.58. The van der Waals surface area contributed by atoms with Crippen LogP contribution in [0.4, 0.5) is 0 Å². The van der Waals surface area contributed by atoms with E-state index in [1.807, 2.05) is 41.3 Å². The van der Waals surface area contributed by atoms with Crippen molar-refractivity contribution in [1.82, 2.24) is 14.9 Å². The molecule has 2 heterocycles. The van der Waals surface area contributed by atoms with Crippen LogP contribution in [0.25, 0.3) is 0 Å². The average molecular weight is 473 g/mol. The molecule has 1 aromatic heterocycles. The van der Waals surface area contributed by atoms with Gasteiger partial charge in [-0.1, -0.05) is 86.8 Å². The summed E-state index contributed by atoms with van der Waals surface area (Å²) < 4.78 is 0. The van der Waals surface area contributed by atoms with E-state index in [-0.39, 0.29) is 11.3 Å². The minimum Gasteiger partial charge on any atom is -0.369 e. The van der Waals surface area contributed by atoms with E-state index in [2.05, 4.69) is 41.2 Å². The number of nitrogens with two attached hydrogens (primary N) is 1. The Morgan fingerprint density at radius 3 is 2.29 bits per heavy atom. The fourth-order valence-corrected chi connectivity index (χ4v) is 5.41. The van der Waals surface area contributed by atoms with Crippen molar-refractivity contribution in [3.8, 4) is 0 Å². The first kappa shape index (κ1) is 24.7. The van der Waals surface area contributed by atoms with Gasteiger partial charge in [0.2, 0.25) is 11.8 Å². The number of benzene rings is 2. The molecule has 2 amide bonds. The molecule has 0 spiro atoms. The standard InChI is InChI=1S/C29H36N4O2/c1-2-3-10-15-29(23-13-8-5-9-14-23)19-33(20-29)28(35)26(16-22-11-6-4-7-12-22)25(27(30)34)17-24-18-31-21-32-24/h4-9,11-14,18,21,25-26H,2-3,10,15-17,19-20H2,1H3,(H2,30,34)(H,31,32)/t25?,26-/m1/s1. The van der Waals surface area contributed by atoms with Crippen molar-refractivity contribution in [3.05, 3.63) is 90.0 Å². The number of nitrogens with one attached hydrogen (secondary N) is 1. The molecule has 1 unspecified atom stereocenters. The maximum absolute atomic E-state index is 13.9.